The first kappa shape index (κ1) is 12.1. The SMILES string of the molecule is CCOc1ccc(/C=C/C(N)=O)cc1OC. The van der Waals surface area contributed by atoms with Crippen LogP contribution in [0.5, 0.6) is 11.5 Å². The fourth-order valence-electron chi connectivity index (χ4n) is 1.24. The average molecular weight is 221 g/mol. The highest BCUT2D eigenvalue weighted by molar-refractivity contribution is 5.90. The van der Waals surface area contributed by atoms with Crippen LogP contribution < -0.4 is 15.2 Å². The zero-order valence-corrected chi connectivity index (χ0v) is 9.40. The molecule has 2 N–H and O–H groups in total. The van der Waals surface area contributed by atoms with Crippen LogP contribution in [0.3, 0.4) is 0 Å². The summed E-state index contributed by atoms with van der Waals surface area (Å²) in [6.07, 6.45) is 2.93. The van der Waals surface area contributed by atoms with Crippen LogP contribution in [0.15, 0.2) is 24.3 Å². The molecule has 1 amide bonds. The maximum atomic E-state index is 10.6. The number of amides is 1. The van der Waals surface area contributed by atoms with E-state index < -0.39 is 5.91 Å². The van der Waals surface area contributed by atoms with Gasteiger partial charge in [-0.15, -0.1) is 0 Å². The molecule has 0 bridgehead atoms. The topological polar surface area (TPSA) is 61.5 Å². The first-order valence-electron chi connectivity index (χ1n) is 4.95. The molecule has 0 aliphatic rings. The van der Waals surface area contributed by atoms with E-state index in [2.05, 4.69) is 0 Å². The molecule has 0 aromatic heterocycles. The Bertz CT molecular complexity index is 399. The quantitative estimate of drug-likeness (QED) is 0.768. The number of methoxy groups -OCH3 is 1. The van der Waals surface area contributed by atoms with E-state index in [4.69, 9.17) is 15.2 Å². The van der Waals surface area contributed by atoms with Crippen LogP contribution in [0.4, 0.5) is 0 Å². The molecule has 0 heterocycles. The van der Waals surface area contributed by atoms with Crippen molar-refractivity contribution in [1.29, 1.82) is 0 Å². The molecule has 16 heavy (non-hydrogen) atoms. The van der Waals surface area contributed by atoms with Crippen LogP contribution in [0.1, 0.15) is 12.5 Å². The standard InChI is InChI=1S/C12H15NO3/c1-3-16-10-6-4-9(5-7-12(13)14)8-11(10)15-2/h4-8H,3H2,1-2H3,(H2,13,14)/b7-5+. The molecule has 1 rings (SSSR count). The largest absolute Gasteiger partial charge is 0.493 e. The van der Waals surface area contributed by atoms with Gasteiger partial charge in [-0.25, -0.2) is 0 Å². The Morgan fingerprint density at radius 2 is 2.19 bits per heavy atom. The summed E-state index contributed by atoms with van der Waals surface area (Å²) in [6, 6.07) is 5.40. The Hall–Kier alpha value is -1.97. The van der Waals surface area contributed by atoms with E-state index in [9.17, 15) is 4.79 Å². The van der Waals surface area contributed by atoms with Crippen molar-refractivity contribution in [3.63, 3.8) is 0 Å². The molecule has 0 aliphatic carbocycles. The molecule has 4 heteroatoms. The summed E-state index contributed by atoms with van der Waals surface area (Å²) in [5.41, 5.74) is 5.84. The molecular weight excluding hydrogens is 206 g/mol. The third kappa shape index (κ3) is 3.31. The highest BCUT2D eigenvalue weighted by Crippen LogP contribution is 2.28. The van der Waals surface area contributed by atoms with Crippen LogP contribution in [0.2, 0.25) is 0 Å². The second kappa shape index (κ2) is 5.80. The molecule has 0 aliphatic heterocycles. The molecule has 0 radical (unpaired) electrons. The monoisotopic (exact) mass is 221 g/mol. The highest BCUT2D eigenvalue weighted by Gasteiger charge is 2.03. The van der Waals surface area contributed by atoms with Gasteiger partial charge in [0.1, 0.15) is 0 Å². The van der Waals surface area contributed by atoms with Crippen molar-refractivity contribution in [3.8, 4) is 11.5 Å². The zero-order chi connectivity index (χ0) is 12.0. The van der Waals surface area contributed by atoms with Crippen LogP contribution in [0, 0.1) is 0 Å². The number of benzene rings is 1. The number of carbonyl (C=O) groups excluding carboxylic acids is 1. The van der Waals surface area contributed by atoms with Gasteiger partial charge in [-0.2, -0.15) is 0 Å². The van der Waals surface area contributed by atoms with Gasteiger partial charge >= 0.3 is 0 Å². The maximum Gasteiger partial charge on any atom is 0.241 e. The van der Waals surface area contributed by atoms with Crippen molar-refractivity contribution in [2.75, 3.05) is 13.7 Å². The van der Waals surface area contributed by atoms with Gasteiger partial charge in [0.05, 0.1) is 13.7 Å². The summed E-state index contributed by atoms with van der Waals surface area (Å²) in [5, 5.41) is 0. The summed E-state index contributed by atoms with van der Waals surface area (Å²) in [4.78, 5) is 10.6. The number of nitrogens with two attached hydrogens (primary N) is 1. The van der Waals surface area contributed by atoms with Crippen LogP contribution >= 0.6 is 0 Å². The number of hydrogen-bond acceptors (Lipinski definition) is 3. The number of ether oxygens (including phenoxy) is 2. The molecule has 1 aromatic carbocycles. The van der Waals surface area contributed by atoms with Crippen molar-refractivity contribution < 1.29 is 14.3 Å². The van der Waals surface area contributed by atoms with Gasteiger partial charge in [-0.1, -0.05) is 6.07 Å². The van der Waals surface area contributed by atoms with Gasteiger partial charge in [-0.05, 0) is 30.7 Å². The molecule has 0 spiro atoms. The van der Waals surface area contributed by atoms with Crippen molar-refractivity contribution in [2.45, 2.75) is 6.92 Å². The van der Waals surface area contributed by atoms with Gasteiger partial charge in [0.2, 0.25) is 5.91 Å². The Morgan fingerprint density at radius 1 is 1.44 bits per heavy atom. The molecule has 0 atom stereocenters. The first-order chi connectivity index (χ1) is 7.67. The van der Waals surface area contributed by atoms with E-state index in [1.165, 1.54) is 6.08 Å². The van der Waals surface area contributed by atoms with Gasteiger partial charge in [0, 0.05) is 6.08 Å². The van der Waals surface area contributed by atoms with E-state index >= 15 is 0 Å². The van der Waals surface area contributed by atoms with Crippen molar-refractivity contribution in [2.24, 2.45) is 5.73 Å². The minimum absolute atomic E-state index is 0.479. The Balaban J connectivity index is 2.94. The lowest BCUT2D eigenvalue weighted by Gasteiger charge is -2.09. The minimum Gasteiger partial charge on any atom is -0.493 e. The number of hydrogen-bond donors (Lipinski definition) is 1. The summed E-state index contributed by atoms with van der Waals surface area (Å²) in [6.45, 7) is 2.48. The lowest BCUT2D eigenvalue weighted by Crippen LogP contribution is -2.05. The Labute approximate surface area is 94.7 Å². The van der Waals surface area contributed by atoms with E-state index in [0.29, 0.717) is 18.1 Å². The minimum atomic E-state index is -0.479. The van der Waals surface area contributed by atoms with Crippen molar-refractivity contribution in [1.82, 2.24) is 0 Å². The van der Waals surface area contributed by atoms with Crippen LogP contribution in [0.25, 0.3) is 6.08 Å². The first-order valence-corrected chi connectivity index (χ1v) is 4.95. The number of rotatable bonds is 5. The summed E-state index contributed by atoms with van der Waals surface area (Å²) in [7, 11) is 1.57. The summed E-state index contributed by atoms with van der Waals surface area (Å²) >= 11 is 0. The molecule has 1 aromatic rings. The van der Waals surface area contributed by atoms with E-state index in [-0.39, 0.29) is 0 Å². The third-order valence-corrected chi connectivity index (χ3v) is 1.93. The third-order valence-electron chi connectivity index (χ3n) is 1.93. The predicted molar refractivity (Wildman–Crippen MR) is 62.4 cm³/mol. The molecule has 0 fully saturated rings. The van der Waals surface area contributed by atoms with E-state index in [0.717, 1.165) is 5.56 Å². The van der Waals surface area contributed by atoms with E-state index in [1.807, 2.05) is 13.0 Å². The lowest BCUT2D eigenvalue weighted by molar-refractivity contribution is -0.113. The molecule has 0 saturated carbocycles. The van der Waals surface area contributed by atoms with E-state index in [1.54, 1.807) is 25.3 Å². The normalized spacial score (nSPS) is 10.4. The molecule has 86 valence electrons. The molecular formula is C12H15NO3. The maximum absolute atomic E-state index is 10.6. The molecule has 0 saturated heterocycles. The van der Waals surface area contributed by atoms with Crippen LogP contribution in [-0.2, 0) is 4.79 Å². The fraction of sp³-hybridized carbons (Fsp3) is 0.250. The van der Waals surface area contributed by atoms with Crippen molar-refractivity contribution in [3.05, 3.63) is 29.8 Å². The smallest absolute Gasteiger partial charge is 0.241 e. The average Bonchev–Trinajstić information content (AvgIpc) is 2.28. The van der Waals surface area contributed by atoms with Gasteiger partial charge in [0.25, 0.3) is 0 Å². The Morgan fingerprint density at radius 3 is 2.75 bits per heavy atom. The van der Waals surface area contributed by atoms with Gasteiger partial charge in [-0.3, -0.25) is 4.79 Å². The van der Waals surface area contributed by atoms with Gasteiger partial charge in [0.15, 0.2) is 11.5 Å². The summed E-state index contributed by atoms with van der Waals surface area (Å²) < 4.78 is 10.5. The Kier molecular flexibility index (Phi) is 4.39. The highest BCUT2D eigenvalue weighted by atomic mass is 16.5. The van der Waals surface area contributed by atoms with Gasteiger partial charge < -0.3 is 15.2 Å². The van der Waals surface area contributed by atoms with Crippen LogP contribution in [-0.4, -0.2) is 19.6 Å². The van der Waals surface area contributed by atoms with Crippen molar-refractivity contribution >= 4 is 12.0 Å². The number of carbonyl (C=O) groups is 1. The molecule has 0 unspecified atom stereocenters. The summed E-state index contributed by atoms with van der Waals surface area (Å²) in [5.74, 6) is 0.836. The second-order valence-electron chi connectivity index (χ2n) is 3.08. The lowest BCUT2D eigenvalue weighted by atomic mass is 10.2. The second-order valence-corrected chi connectivity index (χ2v) is 3.08. The zero-order valence-electron chi connectivity index (χ0n) is 9.40. The predicted octanol–water partition coefficient (Wildman–Crippen LogP) is 1.59. The fourth-order valence-corrected chi connectivity index (χ4v) is 1.24. The molecule has 4 nitrogen and oxygen atoms in total. The number of primary amides is 1.